The van der Waals surface area contributed by atoms with Gasteiger partial charge in [-0.25, -0.2) is 9.97 Å². The first-order valence-corrected chi connectivity index (χ1v) is 10.7. The number of hydrogen-bond donors (Lipinski definition) is 1. The van der Waals surface area contributed by atoms with Gasteiger partial charge in [0.2, 0.25) is 5.91 Å². The number of likely N-dealkylation sites (tertiary alicyclic amines) is 1. The number of carbonyl (C=O) groups excluding carboxylic acids is 1. The van der Waals surface area contributed by atoms with Gasteiger partial charge in [-0.05, 0) is 31.5 Å². The van der Waals surface area contributed by atoms with Crippen LogP contribution in [-0.2, 0) is 24.2 Å². The maximum Gasteiger partial charge on any atom is 0.222 e. The number of carbonyl (C=O) groups is 1. The minimum atomic E-state index is 0.192. The second-order valence-corrected chi connectivity index (χ2v) is 8.23. The van der Waals surface area contributed by atoms with E-state index in [1.807, 2.05) is 36.2 Å². The molecule has 1 amide bonds. The monoisotopic (exact) mass is 409 g/mol. The van der Waals surface area contributed by atoms with Crippen molar-refractivity contribution in [2.45, 2.75) is 38.1 Å². The standard InChI is InChI=1S/C23H31N5O2/c1-24-23-18-15-27(2)12-11-19(18)25-22(26-23)17-10-13-28(14-17)21(29)9-8-16-6-4-5-7-20(16)30-3/h4-7,17H,8-15H2,1-3H3,(H,24,25,26). The molecule has 1 aromatic heterocycles. The molecule has 2 aliphatic heterocycles. The van der Waals surface area contributed by atoms with Crippen LogP contribution in [-0.4, -0.2) is 66.5 Å². The number of para-hydroxylation sites is 1. The van der Waals surface area contributed by atoms with E-state index in [9.17, 15) is 4.79 Å². The number of ether oxygens (including phenoxy) is 1. The summed E-state index contributed by atoms with van der Waals surface area (Å²) in [5.41, 5.74) is 3.44. The van der Waals surface area contributed by atoms with Crippen molar-refractivity contribution in [1.82, 2.24) is 19.8 Å². The number of amides is 1. The number of nitrogens with zero attached hydrogens (tertiary/aromatic N) is 4. The largest absolute Gasteiger partial charge is 0.496 e. The highest BCUT2D eigenvalue weighted by Gasteiger charge is 2.31. The molecule has 4 rings (SSSR count). The van der Waals surface area contributed by atoms with Crippen LogP contribution >= 0.6 is 0 Å². The summed E-state index contributed by atoms with van der Waals surface area (Å²) in [6, 6.07) is 7.90. The van der Waals surface area contributed by atoms with Crippen molar-refractivity contribution >= 4 is 11.7 Å². The van der Waals surface area contributed by atoms with E-state index in [4.69, 9.17) is 14.7 Å². The van der Waals surface area contributed by atoms with Crippen LogP contribution in [0.25, 0.3) is 0 Å². The van der Waals surface area contributed by atoms with Gasteiger partial charge in [-0.15, -0.1) is 0 Å². The van der Waals surface area contributed by atoms with Crippen LogP contribution in [0.3, 0.4) is 0 Å². The average molecular weight is 410 g/mol. The number of nitrogens with one attached hydrogen (secondary N) is 1. The number of aryl methyl sites for hydroxylation is 1. The third kappa shape index (κ3) is 4.26. The van der Waals surface area contributed by atoms with Gasteiger partial charge in [0.25, 0.3) is 0 Å². The highest BCUT2D eigenvalue weighted by molar-refractivity contribution is 5.77. The molecule has 0 aliphatic carbocycles. The Morgan fingerprint density at radius 2 is 2.10 bits per heavy atom. The second-order valence-electron chi connectivity index (χ2n) is 8.23. The first kappa shape index (κ1) is 20.6. The van der Waals surface area contributed by atoms with E-state index in [0.29, 0.717) is 19.4 Å². The van der Waals surface area contributed by atoms with Crippen LogP contribution in [0.2, 0.25) is 0 Å². The van der Waals surface area contributed by atoms with Crippen molar-refractivity contribution in [2.75, 3.05) is 46.2 Å². The molecule has 1 atom stereocenters. The number of methoxy groups -OCH3 is 1. The summed E-state index contributed by atoms with van der Waals surface area (Å²) in [6.45, 7) is 3.37. The summed E-state index contributed by atoms with van der Waals surface area (Å²) >= 11 is 0. The average Bonchev–Trinajstić information content (AvgIpc) is 3.27. The molecule has 1 saturated heterocycles. The summed E-state index contributed by atoms with van der Waals surface area (Å²) in [5.74, 6) is 3.05. The fourth-order valence-electron chi connectivity index (χ4n) is 4.46. The number of anilines is 1. The normalized spacial score (nSPS) is 18.9. The predicted octanol–water partition coefficient (Wildman–Crippen LogP) is 2.46. The third-order valence-corrected chi connectivity index (χ3v) is 6.21. The number of fused-ring (bicyclic) bond motifs is 1. The van der Waals surface area contributed by atoms with Crippen LogP contribution in [0.4, 0.5) is 5.82 Å². The van der Waals surface area contributed by atoms with Crippen molar-refractivity contribution in [2.24, 2.45) is 0 Å². The molecule has 2 aromatic rings. The van der Waals surface area contributed by atoms with Crippen LogP contribution in [0, 0.1) is 0 Å². The van der Waals surface area contributed by atoms with Gasteiger partial charge in [-0.2, -0.15) is 0 Å². The van der Waals surface area contributed by atoms with Crippen LogP contribution in [0.5, 0.6) is 5.75 Å². The van der Waals surface area contributed by atoms with Crippen LogP contribution in [0.15, 0.2) is 24.3 Å². The lowest BCUT2D eigenvalue weighted by Gasteiger charge is -2.26. The van der Waals surface area contributed by atoms with Crippen molar-refractivity contribution in [3.05, 3.63) is 46.9 Å². The topological polar surface area (TPSA) is 70.6 Å². The van der Waals surface area contributed by atoms with Gasteiger partial charge < -0.3 is 19.9 Å². The quantitative estimate of drug-likeness (QED) is 0.790. The van der Waals surface area contributed by atoms with Crippen molar-refractivity contribution < 1.29 is 9.53 Å². The minimum Gasteiger partial charge on any atom is -0.496 e. The summed E-state index contributed by atoms with van der Waals surface area (Å²) in [7, 11) is 5.72. The minimum absolute atomic E-state index is 0.192. The third-order valence-electron chi connectivity index (χ3n) is 6.21. The van der Waals surface area contributed by atoms with Gasteiger partial charge in [-0.1, -0.05) is 18.2 Å². The highest BCUT2D eigenvalue weighted by atomic mass is 16.5. The molecule has 0 bridgehead atoms. The Balaban J connectivity index is 1.41. The molecule has 1 N–H and O–H groups in total. The van der Waals surface area contributed by atoms with Crippen molar-refractivity contribution in [3.63, 3.8) is 0 Å². The zero-order chi connectivity index (χ0) is 21.1. The number of aromatic nitrogens is 2. The van der Waals surface area contributed by atoms with Gasteiger partial charge in [-0.3, -0.25) is 4.79 Å². The molecule has 0 saturated carbocycles. The molecule has 7 heteroatoms. The van der Waals surface area contributed by atoms with Crippen molar-refractivity contribution in [3.8, 4) is 5.75 Å². The van der Waals surface area contributed by atoms with Crippen LogP contribution < -0.4 is 10.1 Å². The number of rotatable bonds is 6. The smallest absolute Gasteiger partial charge is 0.222 e. The molecule has 1 fully saturated rings. The van der Waals surface area contributed by atoms with Gasteiger partial charge in [0.1, 0.15) is 17.4 Å². The second kappa shape index (κ2) is 9.00. The van der Waals surface area contributed by atoms with E-state index in [2.05, 4.69) is 17.3 Å². The summed E-state index contributed by atoms with van der Waals surface area (Å²) in [4.78, 5) is 26.8. The lowest BCUT2D eigenvalue weighted by Crippen LogP contribution is -2.30. The Kier molecular flexibility index (Phi) is 6.18. The molecule has 1 aromatic carbocycles. The summed E-state index contributed by atoms with van der Waals surface area (Å²) in [5, 5.41) is 3.25. The highest BCUT2D eigenvalue weighted by Crippen LogP contribution is 2.30. The fraction of sp³-hybridized carbons (Fsp3) is 0.522. The summed E-state index contributed by atoms with van der Waals surface area (Å²) in [6.07, 6.45) is 3.05. The van der Waals surface area contributed by atoms with Gasteiger partial charge >= 0.3 is 0 Å². The zero-order valence-electron chi connectivity index (χ0n) is 18.1. The van der Waals surface area contributed by atoms with E-state index in [-0.39, 0.29) is 11.8 Å². The van der Waals surface area contributed by atoms with Gasteiger partial charge in [0.05, 0.1) is 12.8 Å². The first-order valence-electron chi connectivity index (χ1n) is 10.7. The lowest BCUT2D eigenvalue weighted by atomic mass is 10.0. The molecule has 1 unspecified atom stereocenters. The maximum absolute atomic E-state index is 12.8. The van der Waals surface area contributed by atoms with Gasteiger partial charge in [0.15, 0.2) is 0 Å². The van der Waals surface area contributed by atoms with Crippen molar-refractivity contribution in [1.29, 1.82) is 0 Å². The lowest BCUT2D eigenvalue weighted by molar-refractivity contribution is -0.130. The van der Waals surface area contributed by atoms with Gasteiger partial charge in [0, 0.05) is 57.5 Å². The van der Waals surface area contributed by atoms with Crippen LogP contribution in [0.1, 0.15) is 41.4 Å². The molecule has 7 nitrogen and oxygen atoms in total. The molecule has 3 heterocycles. The Labute approximate surface area is 178 Å². The SMILES string of the molecule is CNc1nc(C2CCN(C(=O)CCc3ccccc3OC)C2)nc2c1CN(C)CC2. The number of benzene rings is 1. The van der Waals surface area contributed by atoms with E-state index >= 15 is 0 Å². The fourth-order valence-corrected chi connectivity index (χ4v) is 4.46. The zero-order valence-corrected chi connectivity index (χ0v) is 18.1. The predicted molar refractivity (Wildman–Crippen MR) is 117 cm³/mol. The summed E-state index contributed by atoms with van der Waals surface area (Å²) < 4.78 is 5.40. The van der Waals surface area contributed by atoms with E-state index in [1.165, 1.54) is 5.56 Å². The Morgan fingerprint density at radius 3 is 2.90 bits per heavy atom. The van der Waals surface area contributed by atoms with E-state index in [1.54, 1.807) is 7.11 Å². The molecule has 30 heavy (non-hydrogen) atoms. The molecular weight excluding hydrogens is 378 g/mol. The molecule has 0 radical (unpaired) electrons. The molecule has 160 valence electrons. The Hall–Kier alpha value is -2.67. The van der Waals surface area contributed by atoms with E-state index < -0.39 is 0 Å². The number of hydrogen-bond acceptors (Lipinski definition) is 6. The molecule has 0 spiro atoms. The molecule has 2 aliphatic rings. The Morgan fingerprint density at radius 1 is 1.27 bits per heavy atom. The maximum atomic E-state index is 12.8. The van der Waals surface area contributed by atoms with E-state index in [0.717, 1.165) is 61.1 Å². The first-order chi connectivity index (χ1) is 14.6. The number of likely N-dealkylation sites (N-methyl/N-ethyl adjacent to an activating group) is 1. The Bertz CT molecular complexity index is 899. The molecular formula is C23H31N5O2.